The normalized spacial score (nSPS) is 48.2. The first kappa shape index (κ1) is 12.4. The van der Waals surface area contributed by atoms with Gasteiger partial charge in [0.15, 0.2) is 0 Å². The lowest BCUT2D eigenvalue weighted by Crippen LogP contribution is -2.47. The van der Waals surface area contributed by atoms with Gasteiger partial charge in [0.05, 0.1) is 5.60 Å². The Morgan fingerprint density at radius 3 is 2.38 bits per heavy atom. The van der Waals surface area contributed by atoms with E-state index in [-0.39, 0.29) is 0 Å². The van der Waals surface area contributed by atoms with Gasteiger partial charge in [0, 0.05) is 0 Å². The Bertz CT molecular complexity index is 252. The fourth-order valence-electron chi connectivity index (χ4n) is 4.13. The van der Waals surface area contributed by atoms with Gasteiger partial charge in [0.2, 0.25) is 0 Å². The van der Waals surface area contributed by atoms with Crippen LogP contribution >= 0.6 is 0 Å². The van der Waals surface area contributed by atoms with Gasteiger partial charge in [-0.05, 0) is 55.8 Å². The second-order valence-electron chi connectivity index (χ2n) is 7.37. The Hall–Kier alpha value is -0.0400. The second kappa shape index (κ2) is 4.01. The highest BCUT2D eigenvalue weighted by Crippen LogP contribution is 2.57. The first-order valence-electron chi connectivity index (χ1n) is 7.04. The van der Waals surface area contributed by atoms with Crippen LogP contribution in [0.4, 0.5) is 0 Å². The van der Waals surface area contributed by atoms with Crippen molar-refractivity contribution in [2.45, 2.75) is 71.8 Å². The average molecular weight is 224 g/mol. The van der Waals surface area contributed by atoms with Crippen LogP contribution in [0.2, 0.25) is 0 Å². The van der Waals surface area contributed by atoms with Crippen LogP contribution in [0, 0.1) is 23.2 Å². The molecule has 2 saturated carbocycles. The molecule has 4 atom stereocenters. The summed E-state index contributed by atoms with van der Waals surface area (Å²) in [5.41, 5.74) is 0.125. The van der Waals surface area contributed by atoms with E-state index >= 15 is 0 Å². The van der Waals surface area contributed by atoms with E-state index in [0.29, 0.717) is 5.41 Å². The minimum Gasteiger partial charge on any atom is -0.390 e. The molecule has 0 aromatic heterocycles. The van der Waals surface area contributed by atoms with Crippen LogP contribution < -0.4 is 0 Å². The van der Waals surface area contributed by atoms with E-state index in [1.165, 1.54) is 25.7 Å². The zero-order chi connectivity index (χ0) is 12.0. The minimum absolute atomic E-state index is 0.402. The third-order valence-corrected chi connectivity index (χ3v) is 5.38. The lowest BCUT2D eigenvalue weighted by molar-refractivity contribution is -0.0577. The molecule has 0 saturated heterocycles. The Morgan fingerprint density at radius 2 is 1.75 bits per heavy atom. The van der Waals surface area contributed by atoms with Crippen LogP contribution in [-0.2, 0) is 0 Å². The Morgan fingerprint density at radius 1 is 1.06 bits per heavy atom. The van der Waals surface area contributed by atoms with Crippen LogP contribution in [0.3, 0.4) is 0 Å². The topological polar surface area (TPSA) is 20.2 Å². The highest BCUT2D eigenvalue weighted by molar-refractivity contribution is 4.99. The summed E-state index contributed by atoms with van der Waals surface area (Å²) in [7, 11) is 0. The van der Waals surface area contributed by atoms with Gasteiger partial charge in [-0.1, -0.05) is 33.6 Å². The predicted molar refractivity (Wildman–Crippen MR) is 68.3 cm³/mol. The largest absolute Gasteiger partial charge is 0.390 e. The minimum atomic E-state index is -0.402. The Kier molecular flexibility index (Phi) is 3.11. The molecule has 0 radical (unpaired) electrons. The third-order valence-electron chi connectivity index (χ3n) is 5.38. The summed E-state index contributed by atoms with van der Waals surface area (Å²) in [4.78, 5) is 0. The Labute approximate surface area is 101 Å². The van der Waals surface area contributed by atoms with Crippen molar-refractivity contribution in [3.63, 3.8) is 0 Å². The van der Waals surface area contributed by atoms with Crippen molar-refractivity contribution in [1.29, 1.82) is 0 Å². The molecule has 0 bridgehead atoms. The summed E-state index contributed by atoms with van der Waals surface area (Å²) in [6.45, 7) is 9.28. The molecule has 2 aliphatic rings. The number of hydrogen-bond acceptors (Lipinski definition) is 1. The van der Waals surface area contributed by atoms with Crippen molar-refractivity contribution in [2.75, 3.05) is 0 Å². The van der Waals surface area contributed by atoms with Gasteiger partial charge >= 0.3 is 0 Å². The number of aliphatic hydroxyl groups is 1. The quantitative estimate of drug-likeness (QED) is 0.659. The van der Waals surface area contributed by atoms with Crippen LogP contribution in [0.25, 0.3) is 0 Å². The maximum absolute atomic E-state index is 10.3. The van der Waals surface area contributed by atoms with Crippen LogP contribution in [-0.4, -0.2) is 10.7 Å². The molecule has 0 aliphatic heterocycles. The van der Waals surface area contributed by atoms with Crippen molar-refractivity contribution in [2.24, 2.45) is 23.2 Å². The lowest BCUT2D eigenvalue weighted by atomic mass is 9.51. The van der Waals surface area contributed by atoms with Crippen molar-refractivity contribution in [3.05, 3.63) is 0 Å². The van der Waals surface area contributed by atoms with Gasteiger partial charge < -0.3 is 5.11 Å². The monoisotopic (exact) mass is 224 g/mol. The molecule has 0 amide bonds. The molecule has 3 unspecified atom stereocenters. The molecule has 2 rings (SSSR count). The van der Waals surface area contributed by atoms with Gasteiger partial charge in [-0.15, -0.1) is 0 Å². The summed E-state index contributed by atoms with van der Waals surface area (Å²) in [6.07, 6.45) is 7.16. The van der Waals surface area contributed by atoms with E-state index in [1.807, 2.05) is 6.92 Å². The van der Waals surface area contributed by atoms with Gasteiger partial charge in [-0.3, -0.25) is 0 Å². The molecule has 94 valence electrons. The smallest absolute Gasteiger partial charge is 0.0619 e. The maximum Gasteiger partial charge on any atom is 0.0619 e. The molecule has 0 spiro atoms. The zero-order valence-corrected chi connectivity index (χ0v) is 11.4. The summed E-state index contributed by atoms with van der Waals surface area (Å²) < 4.78 is 0. The van der Waals surface area contributed by atoms with Gasteiger partial charge in [-0.2, -0.15) is 0 Å². The first-order valence-corrected chi connectivity index (χ1v) is 7.04. The molecular formula is C15H28O. The van der Waals surface area contributed by atoms with E-state index in [4.69, 9.17) is 0 Å². The van der Waals surface area contributed by atoms with Crippen molar-refractivity contribution in [1.82, 2.24) is 0 Å². The third kappa shape index (κ3) is 2.30. The summed E-state index contributed by atoms with van der Waals surface area (Å²) in [5, 5.41) is 10.3. The van der Waals surface area contributed by atoms with E-state index in [1.54, 1.807) is 0 Å². The first-order chi connectivity index (χ1) is 7.32. The van der Waals surface area contributed by atoms with E-state index < -0.39 is 5.60 Å². The zero-order valence-electron chi connectivity index (χ0n) is 11.4. The van der Waals surface area contributed by atoms with Gasteiger partial charge in [0.1, 0.15) is 0 Å². The summed E-state index contributed by atoms with van der Waals surface area (Å²) in [6, 6.07) is 0. The summed E-state index contributed by atoms with van der Waals surface area (Å²) in [5.74, 6) is 2.66. The standard InChI is InChI=1S/C15H28O/c1-11-6-5-8-15(4,16)9-7-13-12(11)10-14(13,2)3/h11-13,16H,5-10H2,1-4H3/t11-,12?,13?,15?/m0/s1. The number of hydrogen-bond donors (Lipinski definition) is 1. The molecule has 0 heterocycles. The summed E-state index contributed by atoms with van der Waals surface area (Å²) >= 11 is 0. The molecule has 16 heavy (non-hydrogen) atoms. The maximum atomic E-state index is 10.3. The molecule has 2 fully saturated rings. The predicted octanol–water partition coefficient (Wildman–Crippen LogP) is 4.00. The van der Waals surface area contributed by atoms with Crippen molar-refractivity contribution in [3.8, 4) is 0 Å². The second-order valence-corrected chi connectivity index (χ2v) is 7.37. The molecule has 0 aromatic carbocycles. The SMILES string of the molecule is C[C@H]1CCCC(C)(O)CCC2C1CC2(C)C. The number of rotatable bonds is 0. The van der Waals surface area contributed by atoms with Crippen molar-refractivity contribution < 1.29 is 5.11 Å². The van der Waals surface area contributed by atoms with Gasteiger partial charge in [-0.25, -0.2) is 0 Å². The molecule has 1 heteroatoms. The van der Waals surface area contributed by atoms with E-state index in [0.717, 1.165) is 30.6 Å². The molecule has 1 nitrogen and oxygen atoms in total. The molecular weight excluding hydrogens is 196 g/mol. The fourth-order valence-corrected chi connectivity index (χ4v) is 4.13. The van der Waals surface area contributed by atoms with E-state index in [2.05, 4.69) is 20.8 Å². The van der Waals surface area contributed by atoms with Crippen molar-refractivity contribution >= 4 is 0 Å². The van der Waals surface area contributed by atoms with Crippen LogP contribution in [0.15, 0.2) is 0 Å². The highest BCUT2D eigenvalue weighted by Gasteiger charge is 2.49. The highest BCUT2D eigenvalue weighted by atomic mass is 16.3. The van der Waals surface area contributed by atoms with Crippen LogP contribution in [0.1, 0.15) is 66.2 Å². The van der Waals surface area contributed by atoms with E-state index in [9.17, 15) is 5.11 Å². The average Bonchev–Trinajstić information content (AvgIpc) is 2.16. The van der Waals surface area contributed by atoms with Gasteiger partial charge in [0.25, 0.3) is 0 Å². The number of fused-ring (bicyclic) bond motifs is 1. The molecule has 2 aliphatic carbocycles. The Balaban J connectivity index is 2.08. The fraction of sp³-hybridized carbons (Fsp3) is 1.00. The molecule has 1 N–H and O–H groups in total. The molecule has 0 aromatic rings. The van der Waals surface area contributed by atoms with Crippen LogP contribution in [0.5, 0.6) is 0 Å². The lowest BCUT2D eigenvalue weighted by Gasteiger charge is -2.54.